The molecule has 2 fully saturated rings. The number of fused-ring (bicyclic) bond motifs is 1. The van der Waals surface area contributed by atoms with E-state index < -0.39 is 0 Å². The zero-order valence-corrected chi connectivity index (χ0v) is 15.7. The van der Waals surface area contributed by atoms with Gasteiger partial charge in [-0.2, -0.15) is 5.10 Å². The fraction of sp³-hybridized carbons (Fsp3) is 0.421. The first-order chi connectivity index (χ1) is 13.2. The molecule has 1 amide bonds. The summed E-state index contributed by atoms with van der Waals surface area (Å²) in [6, 6.07) is 6.42. The smallest absolute Gasteiger partial charge is 0.220 e. The lowest BCUT2D eigenvalue weighted by Crippen LogP contribution is -2.30. The first kappa shape index (κ1) is 16.7. The second kappa shape index (κ2) is 6.61. The van der Waals surface area contributed by atoms with Crippen molar-refractivity contribution in [1.82, 2.24) is 20.1 Å². The van der Waals surface area contributed by atoms with E-state index >= 15 is 0 Å². The Labute approximate surface area is 160 Å². The molecule has 1 aromatic carbocycles. The highest BCUT2D eigenvalue weighted by Crippen LogP contribution is 2.36. The van der Waals surface area contributed by atoms with Crippen molar-refractivity contribution >= 4 is 27.5 Å². The molecule has 5 rings (SSSR count). The summed E-state index contributed by atoms with van der Waals surface area (Å²) in [7, 11) is 0. The van der Waals surface area contributed by atoms with Crippen LogP contribution in [0.25, 0.3) is 21.5 Å². The van der Waals surface area contributed by atoms with Crippen LogP contribution in [0.15, 0.2) is 29.9 Å². The van der Waals surface area contributed by atoms with Gasteiger partial charge in [0.25, 0.3) is 0 Å². The molecule has 0 aliphatic carbocycles. The lowest BCUT2D eigenvalue weighted by molar-refractivity contribution is -0.119. The number of nitrogens with one attached hydrogen (secondary N) is 1. The molecule has 2 aliphatic heterocycles. The van der Waals surface area contributed by atoms with Gasteiger partial charge in [0.15, 0.2) is 0 Å². The lowest BCUT2D eigenvalue weighted by atomic mass is 10.0. The van der Waals surface area contributed by atoms with Gasteiger partial charge in [-0.15, -0.1) is 11.3 Å². The summed E-state index contributed by atoms with van der Waals surface area (Å²) in [5, 5.41) is 7.58. The van der Waals surface area contributed by atoms with Crippen molar-refractivity contribution in [2.45, 2.75) is 25.5 Å². The molecule has 3 aromatic rings. The van der Waals surface area contributed by atoms with E-state index in [1.807, 2.05) is 41.5 Å². The Balaban J connectivity index is 1.45. The molecule has 7 nitrogen and oxygen atoms in total. The van der Waals surface area contributed by atoms with E-state index in [-0.39, 0.29) is 17.9 Å². The van der Waals surface area contributed by atoms with Crippen LogP contribution in [0.2, 0.25) is 0 Å². The van der Waals surface area contributed by atoms with E-state index in [0.29, 0.717) is 32.2 Å². The summed E-state index contributed by atoms with van der Waals surface area (Å²) in [5.74, 6) is 1.08. The average molecular weight is 384 g/mol. The van der Waals surface area contributed by atoms with Gasteiger partial charge in [-0.1, -0.05) is 0 Å². The number of carbonyl (C=O) groups excluding carboxylic acids is 1. The fourth-order valence-corrected chi connectivity index (χ4v) is 4.23. The van der Waals surface area contributed by atoms with E-state index in [1.165, 1.54) is 0 Å². The SMILES string of the molecule is C[C@@H](Oc1cc(-c2ccn(C3COC3)n2)cc2ncsc12)[C@H]1CNC(=O)C1. The first-order valence-electron chi connectivity index (χ1n) is 9.11. The van der Waals surface area contributed by atoms with E-state index in [0.717, 1.165) is 27.2 Å². The maximum absolute atomic E-state index is 11.5. The number of nitrogens with zero attached hydrogens (tertiary/aromatic N) is 3. The first-order valence-corrected chi connectivity index (χ1v) is 9.99. The van der Waals surface area contributed by atoms with Crippen molar-refractivity contribution in [3.63, 3.8) is 0 Å². The van der Waals surface area contributed by atoms with Gasteiger partial charge < -0.3 is 14.8 Å². The molecule has 2 saturated heterocycles. The Hall–Kier alpha value is -2.45. The summed E-state index contributed by atoms with van der Waals surface area (Å²) in [6.07, 6.45) is 2.45. The van der Waals surface area contributed by atoms with Gasteiger partial charge in [-0.05, 0) is 25.1 Å². The largest absolute Gasteiger partial charge is 0.489 e. The van der Waals surface area contributed by atoms with Crippen molar-refractivity contribution in [3.8, 4) is 17.0 Å². The third kappa shape index (κ3) is 3.08. The topological polar surface area (TPSA) is 78.3 Å². The molecular weight excluding hydrogens is 364 g/mol. The highest BCUT2D eigenvalue weighted by atomic mass is 32.1. The van der Waals surface area contributed by atoms with Crippen LogP contribution >= 0.6 is 11.3 Å². The van der Waals surface area contributed by atoms with E-state index in [2.05, 4.69) is 10.3 Å². The van der Waals surface area contributed by atoms with Gasteiger partial charge in [0.1, 0.15) is 11.9 Å². The number of amides is 1. The van der Waals surface area contributed by atoms with Gasteiger partial charge in [0.05, 0.1) is 40.7 Å². The molecule has 1 N–H and O–H groups in total. The van der Waals surface area contributed by atoms with Crippen molar-refractivity contribution in [1.29, 1.82) is 0 Å². The van der Waals surface area contributed by atoms with E-state index in [1.54, 1.807) is 11.3 Å². The molecule has 4 heterocycles. The van der Waals surface area contributed by atoms with Crippen LogP contribution in [0.3, 0.4) is 0 Å². The predicted molar refractivity (Wildman–Crippen MR) is 102 cm³/mol. The third-order valence-corrected chi connectivity index (χ3v) is 6.14. The Morgan fingerprint density at radius 1 is 1.41 bits per heavy atom. The Kier molecular flexibility index (Phi) is 4.09. The number of benzene rings is 1. The highest BCUT2D eigenvalue weighted by Gasteiger charge is 2.28. The molecule has 2 aromatic heterocycles. The minimum Gasteiger partial charge on any atom is -0.489 e. The molecule has 27 heavy (non-hydrogen) atoms. The van der Waals surface area contributed by atoms with Crippen LogP contribution in [0, 0.1) is 5.92 Å². The zero-order valence-electron chi connectivity index (χ0n) is 14.9. The molecular formula is C19H20N4O3S. The van der Waals surface area contributed by atoms with E-state index in [4.69, 9.17) is 14.6 Å². The quantitative estimate of drug-likeness (QED) is 0.732. The van der Waals surface area contributed by atoms with Gasteiger partial charge >= 0.3 is 0 Å². The Morgan fingerprint density at radius 3 is 3.04 bits per heavy atom. The molecule has 0 spiro atoms. The summed E-state index contributed by atoms with van der Waals surface area (Å²) in [4.78, 5) is 16.0. The van der Waals surface area contributed by atoms with Gasteiger partial charge in [-0.3, -0.25) is 9.48 Å². The standard InChI is InChI=1S/C19H20N4O3S/c1-11(13-6-18(24)20-7-13)26-17-5-12(4-16-19(17)27-10-21-16)15-2-3-23(22-15)14-8-25-9-14/h2-5,10-11,13-14H,6-9H2,1H3,(H,20,24)/t11-,13-/m1/s1. The molecule has 0 unspecified atom stereocenters. The zero-order chi connectivity index (χ0) is 18.4. The average Bonchev–Trinajstić information content (AvgIpc) is 3.33. The van der Waals surface area contributed by atoms with Crippen LogP contribution in [0.4, 0.5) is 0 Å². The molecule has 0 bridgehead atoms. The molecule has 140 valence electrons. The van der Waals surface area contributed by atoms with Crippen LogP contribution < -0.4 is 10.1 Å². The van der Waals surface area contributed by atoms with Gasteiger partial charge in [0, 0.05) is 30.6 Å². The highest BCUT2D eigenvalue weighted by molar-refractivity contribution is 7.17. The molecule has 8 heteroatoms. The summed E-state index contributed by atoms with van der Waals surface area (Å²) in [6.45, 7) is 4.12. The summed E-state index contributed by atoms with van der Waals surface area (Å²) < 4.78 is 14.5. The molecule has 2 atom stereocenters. The minimum atomic E-state index is -0.0609. The van der Waals surface area contributed by atoms with Crippen LogP contribution in [0.5, 0.6) is 5.75 Å². The summed E-state index contributed by atoms with van der Waals surface area (Å²) >= 11 is 1.56. The maximum atomic E-state index is 11.5. The number of rotatable bonds is 5. The monoisotopic (exact) mass is 384 g/mol. The van der Waals surface area contributed by atoms with Crippen molar-refractivity contribution in [2.75, 3.05) is 19.8 Å². The normalized spacial score (nSPS) is 21.2. The minimum absolute atomic E-state index is 0.0609. The van der Waals surface area contributed by atoms with Crippen LogP contribution in [0.1, 0.15) is 19.4 Å². The van der Waals surface area contributed by atoms with Gasteiger partial charge in [-0.25, -0.2) is 4.98 Å². The second-order valence-electron chi connectivity index (χ2n) is 7.14. The number of hydrogen-bond donors (Lipinski definition) is 1. The third-order valence-electron chi connectivity index (χ3n) is 5.28. The van der Waals surface area contributed by atoms with Crippen molar-refractivity contribution in [3.05, 3.63) is 29.9 Å². The Morgan fingerprint density at radius 2 is 2.30 bits per heavy atom. The number of aromatic nitrogens is 3. The van der Waals surface area contributed by atoms with E-state index in [9.17, 15) is 4.79 Å². The molecule has 0 radical (unpaired) electrons. The van der Waals surface area contributed by atoms with Crippen LogP contribution in [-0.4, -0.2) is 46.5 Å². The second-order valence-corrected chi connectivity index (χ2v) is 7.99. The maximum Gasteiger partial charge on any atom is 0.220 e. The van der Waals surface area contributed by atoms with Crippen molar-refractivity contribution < 1.29 is 14.3 Å². The molecule has 0 saturated carbocycles. The van der Waals surface area contributed by atoms with Crippen molar-refractivity contribution in [2.24, 2.45) is 5.92 Å². The number of thiazole rings is 1. The number of hydrogen-bond acceptors (Lipinski definition) is 6. The summed E-state index contributed by atoms with van der Waals surface area (Å²) in [5.41, 5.74) is 4.61. The van der Waals surface area contributed by atoms with Crippen LogP contribution in [-0.2, 0) is 9.53 Å². The lowest BCUT2D eigenvalue weighted by Gasteiger charge is -2.26. The predicted octanol–water partition coefficient (Wildman–Crippen LogP) is 2.63. The fourth-order valence-electron chi connectivity index (χ4n) is 3.50. The van der Waals surface area contributed by atoms with Gasteiger partial charge in [0.2, 0.25) is 5.91 Å². The Bertz CT molecular complexity index is 994. The number of ether oxygens (including phenoxy) is 2. The molecule has 2 aliphatic rings. The number of carbonyl (C=O) groups is 1.